The van der Waals surface area contributed by atoms with E-state index in [1.807, 2.05) is 20.8 Å². The molecule has 1 aliphatic heterocycles. The first-order chi connectivity index (χ1) is 21.7. The van der Waals surface area contributed by atoms with Crippen molar-refractivity contribution in [2.45, 2.75) is 89.5 Å². The highest BCUT2D eigenvalue weighted by Crippen LogP contribution is 2.38. The summed E-state index contributed by atoms with van der Waals surface area (Å²) in [7, 11) is 0. The number of esters is 1. The van der Waals surface area contributed by atoms with E-state index in [-0.39, 0.29) is 30.2 Å². The number of halogens is 4. The molecule has 46 heavy (non-hydrogen) atoms. The van der Waals surface area contributed by atoms with Crippen molar-refractivity contribution >= 4 is 11.9 Å². The van der Waals surface area contributed by atoms with Gasteiger partial charge in [0.15, 0.2) is 0 Å². The van der Waals surface area contributed by atoms with Gasteiger partial charge in [-0.25, -0.2) is 4.39 Å². The van der Waals surface area contributed by atoms with Crippen molar-refractivity contribution in [3.8, 4) is 11.1 Å². The Balaban J connectivity index is 1.33. The number of hydrogen-bond acceptors (Lipinski definition) is 4. The van der Waals surface area contributed by atoms with Crippen molar-refractivity contribution in [3.05, 3.63) is 95.3 Å². The molecule has 0 aromatic heterocycles. The Morgan fingerprint density at radius 2 is 1.50 bits per heavy atom. The number of ether oxygens (including phenoxy) is 1. The molecule has 3 aromatic carbocycles. The number of hydrogen-bond donors (Lipinski definition) is 1. The van der Waals surface area contributed by atoms with Gasteiger partial charge >= 0.3 is 12.1 Å². The van der Waals surface area contributed by atoms with Crippen molar-refractivity contribution in [1.29, 1.82) is 0 Å². The Bertz CT molecular complexity index is 1460. The molecule has 1 fully saturated rings. The molecule has 1 amide bonds. The van der Waals surface area contributed by atoms with E-state index in [4.69, 9.17) is 4.74 Å². The van der Waals surface area contributed by atoms with Crippen molar-refractivity contribution in [2.24, 2.45) is 0 Å². The van der Waals surface area contributed by atoms with Crippen LogP contribution in [0.25, 0.3) is 11.1 Å². The molecule has 3 aromatic rings. The summed E-state index contributed by atoms with van der Waals surface area (Å²) in [5, 5.41) is 3.13. The topological polar surface area (TPSA) is 58.6 Å². The Kier molecular flexibility index (Phi) is 11.3. The minimum absolute atomic E-state index is 0.0227. The van der Waals surface area contributed by atoms with E-state index < -0.39 is 22.8 Å². The van der Waals surface area contributed by atoms with E-state index in [9.17, 15) is 27.2 Å². The summed E-state index contributed by atoms with van der Waals surface area (Å²) in [6, 6.07) is 18.2. The lowest BCUT2D eigenvalue weighted by Crippen LogP contribution is -2.45. The van der Waals surface area contributed by atoms with Crippen LogP contribution in [0.1, 0.15) is 87.7 Å². The SMILES string of the molecule is CCC(CCCN1CCC(NC(=O)c2ccccc2-c2ccc(C(F)(F)F)cc2)CC1)(CC(=O)OC(C)(C)C)c1ccc(F)cc1. The summed E-state index contributed by atoms with van der Waals surface area (Å²) in [5.74, 6) is -0.831. The maximum Gasteiger partial charge on any atom is 0.416 e. The summed E-state index contributed by atoms with van der Waals surface area (Å²) < 4.78 is 58.5. The third-order valence-electron chi connectivity index (χ3n) is 8.78. The zero-order chi connectivity index (χ0) is 33.5. The minimum Gasteiger partial charge on any atom is -0.460 e. The molecule has 4 rings (SSSR count). The number of benzene rings is 3. The molecule has 0 spiro atoms. The lowest BCUT2D eigenvalue weighted by atomic mass is 9.72. The van der Waals surface area contributed by atoms with E-state index in [1.165, 1.54) is 24.3 Å². The van der Waals surface area contributed by atoms with Gasteiger partial charge in [0.1, 0.15) is 11.4 Å². The van der Waals surface area contributed by atoms with Crippen LogP contribution >= 0.6 is 0 Å². The molecule has 1 aliphatic rings. The van der Waals surface area contributed by atoms with Crippen LogP contribution in [0.5, 0.6) is 0 Å². The number of nitrogens with zero attached hydrogens (tertiary/aromatic N) is 1. The molecule has 0 bridgehead atoms. The van der Waals surface area contributed by atoms with Gasteiger partial charge in [-0.2, -0.15) is 13.2 Å². The fraction of sp³-hybridized carbons (Fsp3) is 0.459. The quantitative estimate of drug-likeness (QED) is 0.169. The first-order valence-corrected chi connectivity index (χ1v) is 16.0. The second-order valence-electron chi connectivity index (χ2n) is 13.2. The smallest absolute Gasteiger partial charge is 0.416 e. The van der Waals surface area contributed by atoms with Crippen LogP contribution in [-0.2, 0) is 21.1 Å². The van der Waals surface area contributed by atoms with E-state index in [1.54, 1.807) is 36.4 Å². The zero-order valence-corrected chi connectivity index (χ0v) is 27.1. The number of carbonyl (C=O) groups is 2. The molecule has 1 saturated heterocycles. The van der Waals surface area contributed by atoms with Crippen LogP contribution in [0.15, 0.2) is 72.8 Å². The average molecular weight is 641 g/mol. The second-order valence-corrected chi connectivity index (χ2v) is 13.2. The highest BCUT2D eigenvalue weighted by Gasteiger charge is 2.35. The van der Waals surface area contributed by atoms with Crippen molar-refractivity contribution in [2.75, 3.05) is 19.6 Å². The molecule has 248 valence electrons. The molecular formula is C37H44F4N2O3. The number of piperidine rings is 1. The molecule has 9 heteroatoms. The number of rotatable bonds is 11. The molecule has 1 heterocycles. The van der Waals surface area contributed by atoms with E-state index in [2.05, 4.69) is 17.1 Å². The Morgan fingerprint density at radius 1 is 0.891 bits per heavy atom. The van der Waals surface area contributed by atoms with Gasteiger partial charge in [0.2, 0.25) is 0 Å². The van der Waals surface area contributed by atoms with Gasteiger partial charge < -0.3 is 15.0 Å². The monoisotopic (exact) mass is 640 g/mol. The Labute approximate surface area is 269 Å². The third-order valence-corrected chi connectivity index (χ3v) is 8.78. The predicted molar refractivity (Wildman–Crippen MR) is 172 cm³/mol. The summed E-state index contributed by atoms with van der Waals surface area (Å²) >= 11 is 0. The molecule has 1 N–H and O–H groups in total. The third kappa shape index (κ3) is 9.41. The second kappa shape index (κ2) is 14.8. The lowest BCUT2D eigenvalue weighted by molar-refractivity contribution is -0.156. The first kappa shape index (κ1) is 35.1. The lowest BCUT2D eigenvalue weighted by Gasteiger charge is -2.36. The average Bonchev–Trinajstić information content (AvgIpc) is 3.00. The highest BCUT2D eigenvalue weighted by atomic mass is 19.4. The summed E-state index contributed by atoms with van der Waals surface area (Å²) in [6.07, 6.45) is -0.385. The van der Waals surface area contributed by atoms with Crippen LogP contribution in [0.4, 0.5) is 17.6 Å². The standard InChI is InChI=1S/C37H44F4N2O3/c1-5-36(25-33(44)46-35(2,3)4,27-15-17-29(38)18-16-27)21-8-22-43-23-19-30(20-24-43)42-34(45)32-10-7-6-9-31(32)26-11-13-28(14-12-26)37(39,40)41/h6-7,9-18,30H,5,8,19-25H2,1-4H3,(H,42,45). The summed E-state index contributed by atoms with van der Waals surface area (Å²) in [5.41, 5.74) is 0.684. The summed E-state index contributed by atoms with van der Waals surface area (Å²) in [4.78, 5) is 28.6. The molecule has 0 radical (unpaired) electrons. The fourth-order valence-corrected chi connectivity index (χ4v) is 6.27. The van der Waals surface area contributed by atoms with Gasteiger partial charge in [0.25, 0.3) is 5.91 Å². The van der Waals surface area contributed by atoms with Crippen molar-refractivity contribution in [3.63, 3.8) is 0 Å². The zero-order valence-electron chi connectivity index (χ0n) is 27.1. The van der Waals surface area contributed by atoms with E-state index >= 15 is 0 Å². The number of likely N-dealkylation sites (tertiary alicyclic amines) is 1. The Morgan fingerprint density at radius 3 is 2.09 bits per heavy atom. The van der Waals surface area contributed by atoms with E-state index in [0.29, 0.717) is 23.1 Å². The molecule has 1 atom stereocenters. The number of carbonyl (C=O) groups excluding carboxylic acids is 2. The molecule has 5 nitrogen and oxygen atoms in total. The van der Waals surface area contributed by atoms with Crippen LogP contribution in [0.2, 0.25) is 0 Å². The van der Waals surface area contributed by atoms with Gasteiger partial charge in [-0.15, -0.1) is 0 Å². The van der Waals surface area contributed by atoms with Crippen LogP contribution < -0.4 is 5.32 Å². The minimum atomic E-state index is -4.42. The largest absolute Gasteiger partial charge is 0.460 e. The van der Waals surface area contributed by atoms with Crippen molar-refractivity contribution in [1.82, 2.24) is 10.2 Å². The molecular weight excluding hydrogens is 596 g/mol. The number of nitrogens with one attached hydrogen (secondary N) is 1. The maximum absolute atomic E-state index is 13.8. The van der Waals surface area contributed by atoms with Gasteiger partial charge in [-0.3, -0.25) is 9.59 Å². The fourth-order valence-electron chi connectivity index (χ4n) is 6.27. The predicted octanol–water partition coefficient (Wildman–Crippen LogP) is 8.57. The normalized spacial score (nSPS) is 16.1. The maximum atomic E-state index is 13.8. The number of alkyl halides is 3. The number of amides is 1. The molecule has 1 unspecified atom stereocenters. The van der Waals surface area contributed by atoms with Gasteiger partial charge in [0.05, 0.1) is 12.0 Å². The van der Waals surface area contributed by atoms with Crippen LogP contribution in [-0.4, -0.2) is 48.1 Å². The van der Waals surface area contributed by atoms with Crippen LogP contribution in [0.3, 0.4) is 0 Å². The molecule has 0 saturated carbocycles. The first-order valence-electron chi connectivity index (χ1n) is 16.0. The van der Waals surface area contributed by atoms with E-state index in [0.717, 1.165) is 63.0 Å². The Hall–Kier alpha value is -3.72. The van der Waals surface area contributed by atoms with Crippen molar-refractivity contribution < 1.29 is 31.9 Å². The van der Waals surface area contributed by atoms with Gasteiger partial charge in [0, 0.05) is 30.1 Å². The van der Waals surface area contributed by atoms with Crippen LogP contribution in [0, 0.1) is 5.82 Å². The summed E-state index contributed by atoms with van der Waals surface area (Å²) in [6.45, 7) is 10.0. The molecule has 0 aliphatic carbocycles. The van der Waals surface area contributed by atoms with Gasteiger partial charge in [-0.05, 0) is 106 Å². The van der Waals surface area contributed by atoms with Gasteiger partial charge in [-0.1, -0.05) is 49.4 Å². The highest BCUT2D eigenvalue weighted by molar-refractivity contribution is 6.01.